The maximum atomic E-state index is 9.13. The number of aromatic amines is 1. The average molecular weight is 284 g/mol. The van der Waals surface area contributed by atoms with Gasteiger partial charge in [0.25, 0.3) is 0 Å². The van der Waals surface area contributed by atoms with Gasteiger partial charge >= 0.3 is 0 Å². The summed E-state index contributed by atoms with van der Waals surface area (Å²) in [6, 6.07) is 7.83. The van der Waals surface area contributed by atoms with E-state index in [1.807, 2.05) is 45.0 Å². The van der Waals surface area contributed by atoms with E-state index < -0.39 is 0 Å². The third kappa shape index (κ3) is 3.79. The Morgan fingerprint density at radius 1 is 1.48 bits per heavy atom. The molecule has 7 nitrogen and oxygen atoms in total. The Bertz CT molecular complexity index is 669. The average Bonchev–Trinajstić information content (AvgIpc) is 2.96. The molecule has 0 saturated carbocycles. The fourth-order valence-electron chi connectivity index (χ4n) is 1.69. The number of allylic oxidation sites excluding steroid dienone is 1. The molecular weight excluding hydrogens is 268 g/mol. The Morgan fingerprint density at radius 2 is 2.29 bits per heavy atom. The van der Waals surface area contributed by atoms with Gasteiger partial charge in [-0.3, -0.25) is 0 Å². The quantitative estimate of drug-likeness (QED) is 0.817. The van der Waals surface area contributed by atoms with Crippen LogP contribution in [0.2, 0.25) is 0 Å². The van der Waals surface area contributed by atoms with E-state index in [0.717, 1.165) is 17.0 Å². The van der Waals surface area contributed by atoms with E-state index in [1.165, 1.54) is 6.20 Å². The van der Waals surface area contributed by atoms with Crippen LogP contribution in [0.25, 0.3) is 5.57 Å². The number of hydrogen-bond donors (Lipinski definition) is 2. The number of H-pyrrole nitrogens is 1. The largest absolute Gasteiger partial charge is 0.489 e. The SMILES string of the molecule is Cc1ccc(OC(C)C)c(NC=C(C#N)c2nn[nH]n2)c1. The summed E-state index contributed by atoms with van der Waals surface area (Å²) in [7, 11) is 0. The van der Waals surface area contributed by atoms with Crippen LogP contribution in [0.1, 0.15) is 25.2 Å². The van der Waals surface area contributed by atoms with Gasteiger partial charge in [-0.2, -0.15) is 10.5 Å². The lowest BCUT2D eigenvalue weighted by atomic mass is 10.2. The van der Waals surface area contributed by atoms with Crippen molar-refractivity contribution in [3.8, 4) is 11.8 Å². The van der Waals surface area contributed by atoms with Crippen molar-refractivity contribution in [1.82, 2.24) is 20.6 Å². The number of tetrazole rings is 1. The van der Waals surface area contributed by atoms with Crippen LogP contribution in [0.5, 0.6) is 5.75 Å². The molecule has 7 heteroatoms. The minimum Gasteiger partial charge on any atom is -0.489 e. The van der Waals surface area contributed by atoms with E-state index in [4.69, 9.17) is 10.00 Å². The van der Waals surface area contributed by atoms with Crippen LogP contribution in [0.15, 0.2) is 24.4 Å². The van der Waals surface area contributed by atoms with Crippen LogP contribution in [0.4, 0.5) is 5.69 Å². The highest BCUT2D eigenvalue weighted by Crippen LogP contribution is 2.27. The number of nitrogens with zero attached hydrogens (tertiary/aromatic N) is 4. The minimum absolute atomic E-state index is 0.0601. The smallest absolute Gasteiger partial charge is 0.216 e. The molecule has 21 heavy (non-hydrogen) atoms. The first-order valence-electron chi connectivity index (χ1n) is 6.48. The molecule has 0 spiro atoms. The number of ether oxygens (including phenoxy) is 1. The van der Waals surface area contributed by atoms with Crippen LogP contribution in [0, 0.1) is 18.3 Å². The summed E-state index contributed by atoms with van der Waals surface area (Å²) >= 11 is 0. The van der Waals surface area contributed by atoms with Crippen LogP contribution in [0.3, 0.4) is 0 Å². The molecule has 2 N–H and O–H groups in total. The molecule has 2 aromatic rings. The van der Waals surface area contributed by atoms with Crippen LogP contribution in [-0.2, 0) is 0 Å². The zero-order chi connectivity index (χ0) is 15.2. The molecule has 0 saturated heterocycles. The molecule has 2 rings (SSSR count). The highest BCUT2D eigenvalue weighted by molar-refractivity contribution is 5.75. The highest BCUT2D eigenvalue weighted by atomic mass is 16.5. The van der Waals surface area contributed by atoms with Crippen molar-refractivity contribution >= 4 is 11.3 Å². The van der Waals surface area contributed by atoms with E-state index in [9.17, 15) is 0 Å². The fraction of sp³-hybridized carbons (Fsp3) is 0.286. The maximum Gasteiger partial charge on any atom is 0.216 e. The van der Waals surface area contributed by atoms with Gasteiger partial charge in [0.2, 0.25) is 5.82 Å². The topological polar surface area (TPSA) is 99.5 Å². The Labute approximate surface area is 122 Å². The summed E-state index contributed by atoms with van der Waals surface area (Å²) in [5.41, 5.74) is 2.14. The third-order valence-corrected chi connectivity index (χ3v) is 2.58. The lowest BCUT2D eigenvalue weighted by molar-refractivity contribution is 0.243. The molecule has 0 aliphatic rings. The molecule has 0 fully saturated rings. The Balaban J connectivity index is 2.26. The normalized spacial score (nSPS) is 11.3. The zero-order valence-corrected chi connectivity index (χ0v) is 12.1. The summed E-state index contributed by atoms with van der Waals surface area (Å²) in [5.74, 6) is 0.959. The number of aromatic nitrogens is 4. The van der Waals surface area contributed by atoms with Crippen molar-refractivity contribution in [2.75, 3.05) is 5.32 Å². The number of rotatable bonds is 5. The second-order valence-electron chi connectivity index (χ2n) is 4.72. The number of anilines is 1. The predicted molar refractivity (Wildman–Crippen MR) is 78.3 cm³/mol. The second-order valence-corrected chi connectivity index (χ2v) is 4.72. The van der Waals surface area contributed by atoms with E-state index >= 15 is 0 Å². The first-order valence-corrected chi connectivity index (χ1v) is 6.48. The lowest BCUT2D eigenvalue weighted by Crippen LogP contribution is -2.07. The number of benzene rings is 1. The summed E-state index contributed by atoms with van der Waals surface area (Å²) in [5, 5.41) is 25.5. The molecule has 1 heterocycles. The molecule has 0 atom stereocenters. The standard InChI is InChI=1S/C14H16N6O/c1-9(2)21-13-5-4-10(3)6-12(13)16-8-11(7-15)14-17-19-20-18-14/h4-6,8-9,16H,1-3H3,(H,17,18,19,20). The molecule has 0 amide bonds. The van der Waals surface area contributed by atoms with Gasteiger partial charge in [-0.1, -0.05) is 6.07 Å². The molecule has 0 aliphatic heterocycles. The van der Waals surface area contributed by atoms with Gasteiger partial charge in [-0.25, -0.2) is 0 Å². The van der Waals surface area contributed by atoms with Gasteiger partial charge in [-0.15, -0.1) is 10.2 Å². The third-order valence-electron chi connectivity index (χ3n) is 2.58. The van der Waals surface area contributed by atoms with Crippen molar-refractivity contribution in [1.29, 1.82) is 5.26 Å². The Morgan fingerprint density at radius 3 is 2.90 bits per heavy atom. The molecule has 1 aromatic carbocycles. The summed E-state index contributed by atoms with van der Waals surface area (Å²) in [6.07, 6.45) is 1.59. The van der Waals surface area contributed by atoms with E-state index in [2.05, 4.69) is 25.9 Å². The van der Waals surface area contributed by atoms with Crippen LogP contribution >= 0.6 is 0 Å². The van der Waals surface area contributed by atoms with E-state index in [1.54, 1.807) is 0 Å². The predicted octanol–water partition coefficient (Wildman–Crippen LogP) is 2.27. The molecule has 1 aromatic heterocycles. The number of hydrogen-bond acceptors (Lipinski definition) is 6. The van der Waals surface area contributed by atoms with Gasteiger partial charge < -0.3 is 10.1 Å². The first kappa shape index (κ1) is 14.5. The van der Waals surface area contributed by atoms with Gasteiger partial charge in [0.05, 0.1) is 11.8 Å². The minimum atomic E-state index is 0.0601. The molecule has 0 bridgehead atoms. The van der Waals surface area contributed by atoms with Gasteiger partial charge in [0.1, 0.15) is 17.4 Å². The number of nitrogens with one attached hydrogen (secondary N) is 2. The summed E-state index contributed by atoms with van der Waals surface area (Å²) in [4.78, 5) is 0. The van der Waals surface area contributed by atoms with Gasteiger partial charge in [0, 0.05) is 6.20 Å². The van der Waals surface area contributed by atoms with E-state index in [0.29, 0.717) is 0 Å². The first-order chi connectivity index (χ1) is 10.1. The molecule has 108 valence electrons. The van der Waals surface area contributed by atoms with Crippen molar-refractivity contribution in [2.45, 2.75) is 26.9 Å². The van der Waals surface area contributed by atoms with Crippen LogP contribution < -0.4 is 10.1 Å². The summed E-state index contributed by atoms with van der Waals surface area (Å²) < 4.78 is 5.73. The van der Waals surface area contributed by atoms with Gasteiger partial charge in [0.15, 0.2) is 0 Å². The zero-order valence-electron chi connectivity index (χ0n) is 12.1. The van der Waals surface area contributed by atoms with Crippen molar-refractivity contribution in [3.05, 3.63) is 35.8 Å². The van der Waals surface area contributed by atoms with Gasteiger partial charge in [-0.05, 0) is 43.7 Å². The Hall–Kier alpha value is -2.88. The molecule has 0 radical (unpaired) electrons. The monoisotopic (exact) mass is 284 g/mol. The molecule has 0 unspecified atom stereocenters. The van der Waals surface area contributed by atoms with Crippen LogP contribution in [-0.4, -0.2) is 26.7 Å². The number of nitriles is 1. The lowest BCUT2D eigenvalue weighted by Gasteiger charge is -2.14. The van der Waals surface area contributed by atoms with Crippen molar-refractivity contribution < 1.29 is 4.74 Å². The summed E-state index contributed by atoms with van der Waals surface area (Å²) in [6.45, 7) is 5.90. The van der Waals surface area contributed by atoms with Crippen molar-refractivity contribution in [3.63, 3.8) is 0 Å². The van der Waals surface area contributed by atoms with E-state index in [-0.39, 0.29) is 17.5 Å². The highest BCUT2D eigenvalue weighted by Gasteiger charge is 2.08. The number of aryl methyl sites for hydroxylation is 1. The second kappa shape index (κ2) is 6.52. The Kier molecular flexibility index (Phi) is 4.51. The maximum absolute atomic E-state index is 9.13. The molecule has 0 aliphatic carbocycles. The molecular formula is C14H16N6O. The van der Waals surface area contributed by atoms with Crippen molar-refractivity contribution in [2.24, 2.45) is 0 Å². The fourth-order valence-corrected chi connectivity index (χ4v) is 1.69.